The standard InChI is InChI=1S/C11H12N4O6/c16-3-5-7(18)8(19)10(21-5)15-2-4-9(14-11(15)20)13-6(17)1-12-4/h1-2,5,7-8,10,16,18-19H,3H2,(H,13,14,17,20)/t5-,7+,8?,10-/m1/s1. The second-order valence-corrected chi connectivity index (χ2v) is 4.64. The van der Waals surface area contributed by atoms with Crippen molar-refractivity contribution >= 4 is 11.2 Å². The van der Waals surface area contributed by atoms with Gasteiger partial charge in [0.2, 0.25) is 0 Å². The van der Waals surface area contributed by atoms with Gasteiger partial charge in [-0.1, -0.05) is 0 Å². The van der Waals surface area contributed by atoms with Gasteiger partial charge in [0.05, 0.1) is 12.8 Å². The van der Waals surface area contributed by atoms with Gasteiger partial charge in [0.25, 0.3) is 5.56 Å². The molecule has 1 unspecified atom stereocenters. The molecule has 0 saturated carbocycles. The monoisotopic (exact) mass is 296 g/mol. The van der Waals surface area contributed by atoms with Crippen molar-refractivity contribution in [2.24, 2.45) is 0 Å². The Hall–Kier alpha value is -2.14. The van der Waals surface area contributed by atoms with Crippen molar-refractivity contribution in [3.05, 3.63) is 33.2 Å². The van der Waals surface area contributed by atoms with Gasteiger partial charge in [-0.15, -0.1) is 0 Å². The second-order valence-electron chi connectivity index (χ2n) is 4.64. The van der Waals surface area contributed by atoms with Crippen molar-refractivity contribution in [2.45, 2.75) is 24.5 Å². The van der Waals surface area contributed by atoms with Crippen LogP contribution in [0.5, 0.6) is 0 Å². The van der Waals surface area contributed by atoms with E-state index in [0.717, 1.165) is 10.8 Å². The first-order valence-electron chi connectivity index (χ1n) is 6.12. The normalized spacial score (nSPS) is 29.1. The summed E-state index contributed by atoms with van der Waals surface area (Å²) in [6, 6.07) is 0. The maximum absolute atomic E-state index is 11.9. The summed E-state index contributed by atoms with van der Waals surface area (Å²) in [5, 5.41) is 28.6. The molecule has 2 aromatic heterocycles. The summed E-state index contributed by atoms with van der Waals surface area (Å²) >= 11 is 0. The van der Waals surface area contributed by atoms with E-state index in [1.807, 2.05) is 0 Å². The Balaban J connectivity index is 2.09. The lowest BCUT2D eigenvalue weighted by molar-refractivity contribution is -0.0547. The Bertz CT molecular complexity index is 786. The third-order valence-corrected chi connectivity index (χ3v) is 3.29. The predicted molar refractivity (Wildman–Crippen MR) is 67.4 cm³/mol. The quantitative estimate of drug-likeness (QED) is 0.460. The zero-order valence-corrected chi connectivity index (χ0v) is 10.6. The lowest BCUT2D eigenvalue weighted by Crippen LogP contribution is -2.36. The first-order chi connectivity index (χ1) is 10.0. The van der Waals surface area contributed by atoms with Crippen molar-refractivity contribution in [2.75, 3.05) is 6.61 Å². The molecule has 4 N–H and O–H groups in total. The fourth-order valence-electron chi connectivity index (χ4n) is 2.21. The summed E-state index contributed by atoms with van der Waals surface area (Å²) < 4.78 is 6.20. The fourth-order valence-corrected chi connectivity index (χ4v) is 2.21. The van der Waals surface area contributed by atoms with E-state index in [9.17, 15) is 19.8 Å². The molecule has 21 heavy (non-hydrogen) atoms. The summed E-state index contributed by atoms with van der Waals surface area (Å²) in [5.74, 6) is 0. The first kappa shape index (κ1) is 13.8. The number of ether oxygens (including phenoxy) is 1. The number of hydrogen-bond acceptors (Lipinski definition) is 8. The second kappa shape index (κ2) is 5.00. The van der Waals surface area contributed by atoms with Gasteiger partial charge in [-0.3, -0.25) is 9.36 Å². The molecule has 2 aromatic rings. The van der Waals surface area contributed by atoms with E-state index in [2.05, 4.69) is 15.0 Å². The van der Waals surface area contributed by atoms with Gasteiger partial charge in [-0.25, -0.2) is 9.78 Å². The molecule has 3 rings (SSSR count). The topological polar surface area (TPSA) is 151 Å². The summed E-state index contributed by atoms with van der Waals surface area (Å²) in [6.07, 6.45) is -2.66. The molecule has 0 aliphatic carbocycles. The maximum Gasteiger partial charge on any atom is 0.351 e. The molecule has 1 saturated heterocycles. The van der Waals surface area contributed by atoms with E-state index < -0.39 is 42.4 Å². The molecule has 1 aliphatic heterocycles. The molecule has 4 atom stereocenters. The van der Waals surface area contributed by atoms with Crippen LogP contribution in [0, 0.1) is 0 Å². The molecule has 0 spiro atoms. The first-order valence-corrected chi connectivity index (χ1v) is 6.12. The van der Waals surface area contributed by atoms with Gasteiger partial charge < -0.3 is 25.0 Å². The molecule has 10 heteroatoms. The Kier molecular flexibility index (Phi) is 3.29. The van der Waals surface area contributed by atoms with Crippen LogP contribution < -0.4 is 11.2 Å². The number of H-pyrrole nitrogens is 1. The smallest absolute Gasteiger partial charge is 0.351 e. The molecule has 0 aromatic carbocycles. The van der Waals surface area contributed by atoms with Crippen LogP contribution in [-0.4, -0.2) is 59.8 Å². The van der Waals surface area contributed by atoms with Crippen molar-refractivity contribution in [1.29, 1.82) is 0 Å². The summed E-state index contributed by atoms with van der Waals surface area (Å²) in [5.41, 5.74) is -1.07. The molecule has 10 nitrogen and oxygen atoms in total. The molecule has 112 valence electrons. The molecular weight excluding hydrogens is 284 g/mol. The highest BCUT2D eigenvalue weighted by molar-refractivity contribution is 5.67. The van der Waals surface area contributed by atoms with Crippen molar-refractivity contribution in [3.63, 3.8) is 0 Å². The van der Waals surface area contributed by atoms with Crippen LogP contribution in [0.25, 0.3) is 11.2 Å². The number of nitrogens with zero attached hydrogens (tertiary/aromatic N) is 3. The summed E-state index contributed by atoms with van der Waals surface area (Å²) in [6.45, 7) is -0.504. The SMILES string of the molecule is O=c1cnc2cn([C@@H]3O[C@H](CO)[C@H](O)C3O)c(=O)nc2[nH]1. The van der Waals surface area contributed by atoms with Gasteiger partial charge in [-0.2, -0.15) is 4.98 Å². The van der Waals surface area contributed by atoms with Gasteiger partial charge in [0, 0.05) is 6.20 Å². The molecule has 0 amide bonds. The van der Waals surface area contributed by atoms with Gasteiger partial charge in [0.1, 0.15) is 23.8 Å². The van der Waals surface area contributed by atoms with E-state index in [1.165, 1.54) is 6.20 Å². The third kappa shape index (κ3) is 2.23. The van der Waals surface area contributed by atoms with Crippen LogP contribution in [0.4, 0.5) is 0 Å². The van der Waals surface area contributed by atoms with Gasteiger partial charge in [0.15, 0.2) is 11.9 Å². The average molecular weight is 296 g/mol. The lowest BCUT2D eigenvalue weighted by atomic mass is 10.1. The number of aromatic amines is 1. The van der Waals surface area contributed by atoms with E-state index in [4.69, 9.17) is 9.84 Å². The van der Waals surface area contributed by atoms with E-state index in [-0.39, 0.29) is 11.2 Å². The molecule has 3 heterocycles. The highest BCUT2D eigenvalue weighted by atomic mass is 16.6. The molecule has 1 aliphatic rings. The van der Waals surface area contributed by atoms with Crippen LogP contribution in [0.1, 0.15) is 6.23 Å². The lowest BCUT2D eigenvalue weighted by Gasteiger charge is -2.17. The van der Waals surface area contributed by atoms with Crippen molar-refractivity contribution < 1.29 is 20.1 Å². The molecule has 1 fully saturated rings. The minimum Gasteiger partial charge on any atom is -0.394 e. The molecular formula is C11H12N4O6. The number of rotatable bonds is 2. The number of aliphatic hydroxyl groups excluding tert-OH is 3. The van der Waals surface area contributed by atoms with Gasteiger partial charge >= 0.3 is 5.69 Å². The van der Waals surface area contributed by atoms with Crippen molar-refractivity contribution in [3.8, 4) is 0 Å². The van der Waals surface area contributed by atoms with Crippen LogP contribution in [0.2, 0.25) is 0 Å². The number of fused-ring (bicyclic) bond motifs is 1. The van der Waals surface area contributed by atoms with E-state index in [1.54, 1.807) is 0 Å². The third-order valence-electron chi connectivity index (χ3n) is 3.29. The highest BCUT2D eigenvalue weighted by Crippen LogP contribution is 2.28. The van der Waals surface area contributed by atoms with Crippen molar-refractivity contribution in [1.82, 2.24) is 19.5 Å². The summed E-state index contributed by atoms with van der Waals surface area (Å²) in [7, 11) is 0. The zero-order valence-electron chi connectivity index (χ0n) is 10.6. The van der Waals surface area contributed by atoms with Crippen LogP contribution >= 0.6 is 0 Å². The largest absolute Gasteiger partial charge is 0.394 e. The Labute approximate surface area is 116 Å². The minimum atomic E-state index is -1.40. The minimum absolute atomic E-state index is 0.00972. The zero-order chi connectivity index (χ0) is 15.1. The van der Waals surface area contributed by atoms with E-state index in [0.29, 0.717) is 0 Å². The number of aromatic nitrogens is 4. The summed E-state index contributed by atoms with van der Waals surface area (Å²) in [4.78, 5) is 32.9. The molecule has 0 radical (unpaired) electrons. The average Bonchev–Trinajstić information content (AvgIpc) is 2.74. The number of hydrogen-bond donors (Lipinski definition) is 4. The Morgan fingerprint density at radius 2 is 2.10 bits per heavy atom. The van der Waals surface area contributed by atoms with Crippen LogP contribution in [0.15, 0.2) is 22.0 Å². The Morgan fingerprint density at radius 3 is 2.76 bits per heavy atom. The Morgan fingerprint density at radius 1 is 1.33 bits per heavy atom. The fraction of sp³-hybridized carbons (Fsp3) is 0.455. The van der Waals surface area contributed by atoms with Gasteiger partial charge in [-0.05, 0) is 0 Å². The van der Waals surface area contributed by atoms with Crippen LogP contribution in [0.3, 0.4) is 0 Å². The predicted octanol–water partition coefficient (Wildman–Crippen LogP) is -2.91. The number of aliphatic hydroxyl groups is 3. The maximum atomic E-state index is 11.9. The number of nitrogens with one attached hydrogen (secondary N) is 1. The molecule has 0 bridgehead atoms. The van der Waals surface area contributed by atoms with Crippen LogP contribution in [-0.2, 0) is 4.74 Å². The highest BCUT2D eigenvalue weighted by Gasteiger charge is 2.43. The van der Waals surface area contributed by atoms with E-state index >= 15 is 0 Å².